The highest BCUT2D eigenvalue weighted by molar-refractivity contribution is 6.60. The Morgan fingerprint density at radius 2 is 1.64 bits per heavy atom. The van der Waals surface area contributed by atoms with Gasteiger partial charge in [-0.25, -0.2) is 8.78 Å². The third-order valence-electron chi connectivity index (χ3n) is 6.24. The van der Waals surface area contributed by atoms with Crippen molar-refractivity contribution in [1.82, 2.24) is 4.98 Å². The van der Waals surface area contributed by atoms with Crippen molar-refractivity contribution in [1.29, 1.82) is 0 Å². The average Bonchev–Trinajstić information content (AvgIpc) is 2.73. The molecule has 1 aliphatic rings. The number of carbonyl (C=O) groups is 2. The number of aliphatic hydroxyl groups is 5. The molecule has 198 valence electrons. The maximum atomic E-state index is 13.7. The highest BCUT2D eigenvalue weighted by Gasteiger charge is 2.65. The number of carbonyl (C=O) groups excluding carboxylic acids is 2. The molecular formula is C22H21B4F2N3O8. The van der Waals surface area contributed by atoms with Crippen LogP contribution in [0.3, 0.4) is 0 Å². The van der Waals surface area contributed by atoms with E-state index in [4.69, 9.17) is 36.1 Å². The molecule has 2 heterocycles. The smallest absolute Gasteiger partial charge is 0.284 e. The molecule has 17 heteroatoms. The van der Waals surface area contributed by atoms with Crippen LogP contribution in [0.25, 0.3) is 0 Å². The molecule has 0 saturated carbocycles. The van der Waals surface area contributed by atoms with Crippen LogP contribution >= 0.6 is 0 Å². The number of rotatable bonds is 8. The Kier molecular flexibility index (Phi) is 8.00. The van der Waals surface area contributed by atoms with Crippen molar-refractivity contribution in [2.45, 2.75) is 49.7 Å². The van der Waals surface area contributed by atoms with E-state index in [0.717, 1.165) is 12.1 Å². The maximum absolute atomic E-state index is 13.7. The second-order valence-electron chi connectivity index (χ2n) is 9.37. The molecule has 1 aromatic heterocycles. The average molecular weight is 537 g/mol. The molecule has 1 aromatic carbocycles. The van der Waals surface area contributed by atoms with E-state index in [9.17, 15) is 43.9 Å². The molecule has 39 heavy (non-hydrogen) atoms. The van der Waals surface area contributed by atoms with Gasteiger partial charge in [-0.05, 0) is 43.2 Å². The first-order chi connectivity index (χ1) is 17.7. The molecule has 11 nitrogen and oxygen atoms in total. The summed E-state index contributed by atoms with van der Waals surface area (Å²) in [5.74, 6) is -8.09. The zero-order valence-electron chi connectivity index (χ0n) is 20.7. The van der Waals surface area contributed by atoms with Gasteiger partial charge < -0.3 is 35.6 Å². The third kappa shape index (κ3) is 5.82. The number of nitrogens with one attached hydrogen (secondary N) is 1. The van der Waals surface area contributed by atoms with E-state index in [2.05, 4.69) is 10.3 Å². The summed E-state index contributed by atoms with van der Waals surface area (Å²) in [4.78, 5) is 31.0. The molecule has 2 amide bonds. The molecule has 0 fully saturated rings. The quantitative estimate of drug-likeness (QED) is 0.170. The molecule has 2 atom stereocenters. The summed E-state index contributed by atoms with van der Waals surface area (Å²) in [6.07, 6.45) is -2.55. The van der Waals surface area contributed by atoms with Crippen LogP contribution in [0, 0.1) is 24.0 Å². The number of nitrogens with zero attached hydrogens (tertiary/aromatic N) is 2. The van der Waals surface area contributed by atoms with Gasteiger partial charge in [0, 0.05) is 12.5 Å². The van der Waals surface area contributed by atoms with Gasteiger partial charge in [0.15, 0.2) is 14.0 Å². The van der Waals surface area contributed by atoms with Gasteiger partial charge in [-0.15, -0.1) is 5.11 Å². The van der Waals surface area contributed by atoms with E-state index < -0.39 is 58.2 Å². The molecule has 3 rings (SSSR count). The molecular weight excluding hydrogens is 515 g/mol. The minimum Gasteiger partial charge on any atom is -0.463 e. The maximum Gasteiger partial charge on any atom is 0.284 e. The van der Waals surface area contributed by atoms with Crippen LogP contribution in [0.2, 0.25) is 5.11 Å². The first-order valence-corrected chi connectivity index (χ1v) is 11.2. The Hall–Kier alpha value is -2.97. The van der Waals surface area contributed by atoms with E-state index >= 15 is 0 Å². The SMILES string of the molecule is [B]C([B])([B])C(CC(=O)Nc1nc2c(cc1C)N(Cc1cc(F)cc(F)c1)C(=O)C(C)O2)(C([B])(O)O)C(O)(O)O. The number of ether oxygens (including phenoxy) is 1. The lowest BCUT2D eigenvalue weighted by Crippen LogP contribution is -2.69. The number of hydrogen-bond acceptors (Lipinski definition) is 9. The number of halogens is 2. The van der Waals surface area contributed by atoms with Crippen molar-refractivity contribution < 1.29 is 48.6 Å². The lowest BCUT2D eigenvalue weighted by Gasteiger charge is -2.55. The fraction of sp³-hybridized carbons (Fsp3) is 0.409. The molecule has 1 aliphatic heterocycles. The van der Waals surface area contributed by atoms with Crippen molar-refractivity contribution in [3.8, 4) is 5.88 Å². The van der Waals surface area contributed by atoms with Crippen molar-refractivity contribution in [2.75, 3.05) is 10.2 Å². The van der Waals surface area contributed by atoms with Crippen molar-refractivity contribution in [3.63, 3.8) is 0 Å². The lowest BCUT2D eigenvalue weighted by molar-refractivity contribution is -0.415. The number of fused-ring (bicyclic) bond motifs is 1. The standard InChI is InChI=1S/C22H21B4F2N3O8/c1-9-3-14-17(39-10(2)18(33)31(14)8-11-4-12(27)6-13(28)5-11)30-16(9)29-15(32)7-19(20(23,24)25,21(26,34)35)22(36,37)38/h3-6,10,34-38H,7-8H2,1-2H3,(H,29,30,32). The predicted molar refractivity (Wildman–Crippen MR) is 135 cm³/mol. The van der Waals surface area contributed by atoms with Gasteiger partial charge >= 0.3 is 0 Å². The summed E-state index contributed by atoms with van der Waals surface area (Å²) in [5.41, 5.74) is -6.85. The van der Waals surface area contributed by atoms with E-state index in [1.165, 1.54) is 24.8 Å². The van der Waals surface area contributed by atoms with Crippen LogP contribution in [-0.2, 0) is 16.1 Å². The molecule has 0 aliphatic carbocycles. The Bertz CT molecular complexity index is 1240. The van der Waals surface area contributed by atoms with Crippen LogP contribution in [0.4, 0.5) is 20.3 Å². The zero-order valence-corrected chi connectivity index (χ0v) is 20.7. The summed E-state index contributed by atoms with van der Waals surface area (Å²) >= 11 is 0. The second-order valence-corrected chi connectivity index (χ2v) is 9.37. The fourth-order valence-corrected chi connectivity index (χ4v) is 4.27. The van der Waals surface area contributed by atoms with Gasteiger partial charge in [0.25, 0.3) is 11.9 Å². The van der Waals surface area contributed by atoms with Crippen LogP contribution in [-0.4, -0.2) is 91.5 Å². The van der Waals surface area contributed by atoms with Crippen LogP contribution < -0.4 is 15.0 Å². The highest BCUT2D eigenvalue weighted by atomic mass is 19.1. The number of aryl methyl sites for hydroxylation is 1. The molecule has 0 spiro atoms. The summed E-state index contributed by atoms with van der Waals surface area (Å²) in [5, 5.41) is 48.6. The lowest BCUT2D eigenvalue weighted by atomic mass is 9.28. The Labute approximate surface area is 226 Å². The van der Waals surface area contributed by atoms with E-state index in [-0.39, 0.29) is 35.1 Å². The van der Waals surface area contributed by atoms with E-state index in [0.29, 0.717) is 6.07 Å². The van der Waals surface area contributed by atoms with E-state index in [1.54, 1.807) is 0 Å². The first kappa shape index (κ1) is 30.6. The van der Waals surface area contributed by atoms with Gasteiger partial charge in [-0.1, -0.05) is 0 Å². The number of amides is 2. The van der Waals surface area contributed by atoms with Gasteiger partial charge in [0.1, 0.15) is 28.8 Å². The van der Waals surface area contributed by atoms with Crippen molar-refractivity contribution in [2.24, 2.45) is 5.41 Å². The minimum atomic E-state index is -4.19. The summed E-state index contributed by atoms with van der Waals surface area (Å²) in [6, 6.07) is 4.14. The van der Waals surface area contributed by atoms with Crippen molar-refractivity contribution >= 4 is 54.7 Å². The molecule has 8 radical (unpaired) electrons. The normalized spacial score (nSPS) is 17.7. The molecule has 0 bridgehead atoms. The summed E-state index contributed by atoms with van der Waals surface area (Å²) < 4.78 is 32.9. The topological polar surface area (TPSA) is 173 Å². The fourth-order valence-electron chi connectivity index (χ4n) is 4.27. The third-order valence-corrected chi connectivity index (χ3v) is 6.24. The molecule has 2 aromatic rings. The first-order valence-electron chi connectivity index (χ1n) is 11.2. The predicted octanol–water partition coefficient (Wildman–Crippen LogP) is -1.69. The number of aromatic nitrogens is 1. The molecule has 0 saturated heterocycles. The largest absolute Gasteiger partial charge is 0.463 e. The van der Waals surface area contributed by atoms with Gasteiger partial charge in [-0.3, -0.25) is 14.5 Å². The van der Waals surface area contributed by atoms with Gasteiger partial charge in [0.2, 0.25) is 11.8 Å². The Morgan fingerprint density at radius 3 is 2.13 bits per heavy atom. The van der Waals surface area contributed by atoms with Crippen LogP contribution in [0.5, 0.6) is 5.88 Å². The van der Waals surface area contributed by atoms with Crippen molar-refractivity contribution in [3.05, 3.63) is 47.0 Å². The van der Waals surface area contributed by atoms with Crippen LogP contribution in [0.1, 0.15) is 24.5 Å². The molecule has 2 unspecified atom stereocenters. The highest BCUT2D eigenvalue weighted by Crippen LogP contribution is 2.53. The van der Waals surface area contributed by atoms with E-state index in [1.807, 2.05) is 0 Å². The Balaban J connectivity index is 1.97. The number of benzene rings is 1. The number of anilines is 2. The van der Waals surface area contributed by atoms with Gasteiger partial charge in [-0.2, -0.15) is 4.98 Å². The number of pyridine rings is 1. The van der Waals surface area contributed by atoms with Crippen LogP contribution in [0.15, 0.2) is 24.3 Å². The number of hydrogen-bond donors (Lipinski definition) is 6. The molecule has 6 N–H and O–H groups in total. The second kappa shape index (κ2) is 10.2. The van der Waals surface area contributed by atoms with Gasteiger partial charge in [0.05, 0.1) is 35.5 Å². The minimum absolute atomic E-state index is 0.101. The monoisotopic (exact) mass is 537 g/mol. The summed E-state index contributed by atoms with van der Waals surface area (Å²) in [6.45, 7) is 2.60. The summed E-state index contributed by atoms with van der Waals surface area (Å²) in [7, 11) is 21.5. The zero-order chi connectivity index (χ0) is 29.7. The Morgan fingerprint density at radius 1 is 1.08 bits per heavy atom.